The summed E-state index contributed by atoms with van der Waals surface area (Å²) in [6.07, 6.45) is 0.904. The van der Waals surface area contributed by atoms with Crippen LogP contribution >= 0.6 is 11.8 Å². The molecule has 1 N–H and O–H groups in total. The topological polar surface area (TPSA) is 12.0 Å². The van der Waals surface area contributed by atoms with Crippen LogP contribution in [0.5, 0.6) is 0 Å². The monoisotopic (exact) mass is 273 g/mol. The molecule has 0 aromatic heterocycles. The Morgan fingerprint density at radius 3 is 2.33 bits per heavy atom. The molecule has 0 saturated heterocycles. The molecule has 0 spiro atoms. The Labute approximate surface area is 112 Å². The Balaban J connectivity index is 2.67. The number of halogens is 2. The molecular formula is C14H21F2NS. The molecule has 0 aliphatic rings. The summed E-state index contributed by atoms with van der Waals surface area (Å²) in [6, 6.07) is 2.85. The number of rotatable bonds is 7. The number of hydrogen-bond donors (Lipinski definition) is 1. The zero-order chi connectivity index (χ0) is 13.5. The van der Waals surface area contributed by atoms with Crippen molar-refractivity contribution in [3.8, 4) is 0 Å². The van der Waals surface area contributed by atoms with Crippen LogP contribution in [0.2, 0.25) is 0 Å². The van der Waals surface area contributed by atoms with Crippen molar-refractivity contribution < 1.29 is 8.78 Å². The van der Waals surface area contributed by atoms with E-state index in [-0.39, 0.29) is 4.90 Å². The van der Waals surface area contributed by atoms with E-state index in [4.69, 9.17) is 0 Å². The predicted molar refractivity (Wildman–Crippen MR) is 73.9 cm³/mol. The highest BCUT2D eigenvalue weighted by molar-refractivity contribution is 7.99. The van der Waals surface area contributed by atoms with Gasteiger partial charge in [0.05, 0.1) is 4.90 Å². The van der Waals surface area contributed by atoms with Gasteiger partial charge in [-0.2, -0.15) is 0 Å². The molecule has 0 bridgehead atoms. The molecule has 0 unspecified atom stereocenters. The summed E-state index contributed by atoms with van der Waals surface area (Å²) in [4.78, 5) is 0.143. The lowest BCUT2D eigenvalue weighted by atomic mass is 10.2. The minimum Gasteiger partial charge on any atom is -0.312 e. The van der Waals surface area contributed by atoms with Crippen molar-refractivity contribution in [1.82, 2.24) is 5.32 Å². The van der Waals surface area contributed by atoms with E-state index in [0.29, 0.717) is 18.0 Å². The van der Waals surface area contributed by atoms with E-state index in [0.717, 1.165) is 18.7 Å². The van der Waals surface area contributed by atoms with Gasteiger partial charge in [0.15, 0.2) is 0 Å². The largest absolute Gasteiger partial charge is 0.312 e. The molecule has 0 aliphatic heterocycles. The first-order chi connectivity index (χ1) is 8.54. The molecule has 102 valence electrons. The van der Waals surface area contributed by atoms with E-state index in [1.165, 1.54) is 23.9 Å². The molecule has 0 fully saturated rings. The van der Waals surface area contributed by atoms with Crippen LogP contribution in [-0.2, 0) is 6.54 Å². The third-order valence-electron chi connectivity index (χ3n) is 2.39. The van der Waals surface area contributed by atoms with Gasteiger partial charge in [0.1, 0.15) is 11.6 Å². The van der Waals surface area contributed by atoms with E-state index < -0.39 is 11.6 Å². The zero-order valence-electron chi connectivity index (χ0n) is 11.2. The Hall–Kier alpha value is -0.610. The van der Waals surface area contributed by atoms with Gasteiger partial charge in [-0.05, 0) is 42.3 Å². The first-order valence-electron chi connectivity index (χ1n) is 6.36. The van der Waals surface area contributed by atoms with Crippen molar-refractivity contribution in [2.75, 3.05) is 12.3 Å². The fourth-order valence-electron chi connectivity index (χ4n) is 1.56. The van der Waals surface area contributed by atoms with E-state index in [1.54, 1.807) is 0 Å². The number of nitrogens with one attached hydrogen (secondary N) is 1. The Bertz CT molecular complexity index is 357. The first kappa shape index (κ1) is 15.4. The SMILES string of the molecule is CCCSc1c(F)cc(CNCC(C)C)cc1F. The Kier molecular flexibility index (Phi) is 6.65. The fourth-order valence-corrected chi connectivity index (χ4v) is 2.36. The summed E-state index contributed by atoms with van der Waals surface area (Å²) < 4.78 is 27.5. The van der Waals surface area contributed by atoms with Crippen molar-refractivity contribution in [1.29, 1.82) is 0 Å². The summed E-state index contributed by atoms with van der Waals surface area (Å²) in [7, 11) is 0. The smallest absolute Gasteiger partial charge is 0.140 e. The lowest BCUT2D eigenvalue weighted by molar-refractivity contribution is 0.525. The highest BCUT2D eigenvalue weighted by atomic mass is 32.2. The highest BCUT2D eigenvalue weighted by Crippen LogP contribution is 2.26. The Morgan fingerprint density at radius 1 is 1.22 bits per heavy atom. The molecule has 0 amide bonds. The third kappa shape index (κ3) is 4.94. The van der Waals surface area contributed by atoms with Crippen LogP contribution in [0.15, 0.2) is 17.0 Å². The van der Waals surface area contributed by atoms with E-state index in [1.807, 2.05) is 6.92 Å². The molecule has 1 aromatic carbocycles. The Morgan fingerprint density at radius 2 is 1.83 bits per heavy atom. The van der Waals surface area contributed by atoms with Gasteiger partial charge in [0.25, 0.3) is 0 Å². The van der Waals surface area contributed by atoms with Crippen molar-refractivity contribution in [3.63, 3.8) is 0 Å². The lowest BCUT2D eigenvalue weighted by Crippen LogP contribution is -2.19. The predicted octanol–water partition coefficient (Wildman–Crippen LogP) is 4.21. The van der Waals surface area contributed by atoms with E-state index in [2.05, 4.69) is 19.2 Å². The van der Waals surface area contributed by atoms with Gasteiger partial charge in [-0.3, -0.25) is 0 Å². The third-order valence-corrected chi connectivity index (χ3v) is 3.68. The van der Waals surface area contributed by atoms with Gasteiger partial charge in [0, 0.05) is 6.54 Å². The average Bonchev–Trinajstić information content (AvgIpc) is 2.27. The minimum absolute atomic E-state index is 0.143. The molecular weight excluding hydrogens is 252 g/mol. The standard InChI is InChI=1S/C14H21F2NS/c1-4-5-18-14-12(15)6-11(7-13(14)16)9-17-8-10(2)3/h6-7,10,17H,4-5,8-9H2,1-3H3. The van der Waals surface area contributed by atoms with Crippen LogP contribution in [0.3, 0.4) is 0 Å². The summed E-state index contributed by atoms with van der Waals surface area (Å²) in [6.45, 7) is 7.53. The summed E-state index contributed by atoms with van der Waals surface area (Å²) in [5.41, 5.74) is 0.659. The van der Waals surface area contributed by atoms with Gasteiger partial charge in [-0.25, -0.2) is 8.78 Å². The van der Waals surface area contributed by atoms with Gasteiger partial charge >= 0.3 is 0 Å². The fraction of sp³-hybridized carbons (Fsp3) is 0.571. The van der Waals surface area contributed by atoms with E-state index >= 15 is 0 Å². The quantitative estimate of drug-likeness (QED) is 0.747. The van der Waals surface area contributed by atoms with Crippen LogP contribution in [0.25, 0.3) is 0 Å². The molecule has 0 radical (unpaired) electrons. The molecule has 1 aromatic rings. The van der Waals surface area contributed by atoms with Crippen LogP contribution in [-0.4, -0.2) is 12.3 Å². The number of thioether (sulfide) groups is 1. The van der Waals surface area contributed by atoms with Crippen molar-refractivity contribution in [2.45, 2.75) is 38.6 Å². The van der Waals surface area contributed by atoms with Gasteiger partial charge in [-0.1, -0.05) is 20.8 Å². The first-order valence-corrected chi connectivity index (χ1v) is 7.34. The van der Waals surface area contributed by atoms with Crippen LogP contribution in [0, 0.1) is 17.6 Å². The van der Waals surface area contributed by atoms with E-state index in [9.17, 15) is 8.78 Å². The molecule has 0 aliphatic carbocycles. The maximum Gasteiger partial charge on any atom is 0.140 e. The number of benzene rings is 1. The molecule has 18 heavy (non-hydrogen) atoms. The van der Waals surface area contributed by atoms with Crippen LogP contribution in [0.1, 0.15) is 32.8 Å². The summed E-state index contributed by atoms with van der Waals surface area (Å²) in [5.74, 6) is 0.363. The second-order valence-corrected chi connectivity index (χ2v) is 5.87. The normalized spacial score (nSPS) is 11.2. The van der Waals surface area contributed by atoms with Crippen molar-refractivity contribution >= 4 is 11.8 Å². The maximum absolute atomic E-state index is 13.7. The second kappa shape index (κ2) is 7.74. The second-order valence-electron chi connectivity index (χ2n) is 4.76. The highest BCUT2D eigenvalue weighted by Gasteiger charge is 2.11. The van der Waals surface area contributed by atoms with Gasteiger partial charge < -0.3 is 5.32 Å². The minimum atomic E-state index is -0.449. The van der Waals surface area contributed by atoms with Crippen molar-refractivity contribution in [3.05, 3.63) is 29.3 Å². The lowest BCUT2D eigenvalue weighted by Gasteiger charge is -2.10. The van der Waals surface area contributed by atoms with Crippen LogP contribution in [0.4, 0.5) is 8.78 Å². The average molecular weight is 273 g/mol. The molecule has 0 atom stereocenters. The summed E-state index contributed by atoms with van der Waals surface area (Å²) >= 11 is 1.24. The maximum atomic E-state index is 13.7. The molecule has 0 saturated carbocycles. The van der Waals surface area contributed by atoms with Crippen molar-refractivity contribution in [2.24, 2.45) is 5.92 Å². The molecule has 1 nitrogen and oxygen atoms in total. The van der Waals surface area contributed by atoms with Gasteiger partial charge in [-0.15, -0.1) is 11.8 Å². The molecule has 4 heteroatoms. The summed E-state index contributed by atoms with van der Waals surface area (Å²) in [5, 5.41) is 3.18. The molecule has 0 heterocycles. The van der Waals surface area contributed by atoms with Crippen LogP contribution < -0.4 is 5.32 Å². The zero-order valence-corrected chi connectivity index (χ0v) is 12.0. The molecule has 1 rings (SSSR count). The van der Waals surface area contributed by atoms with Gasteiger partial charge in [0.2, 0.25) is 0 Å². The number of hydrogen-bond acceptors (Lipinski definition) is 2.